The normalized spacial score (nSPS) is 10.6. The Bertz CT molecular complexity index is 740. The molecule has 2 aromatic carbocycles. The lowest BCUT2D eigenvalue weighted by Crippen LogP contribution is -2.08. The summed E-state index contributed by atoms with van der Waals surface area (Å²) in [5.41, 5.74) is 2.24. The van der Waals surface area contributed by atoms with Crippen molar-refractivity contribution < 1.29 is 9.72 Å². The van der Waals surface area contributed by atoms with E-state index in [9.17, 15) is 14.9 Å². The van der Waals surface area contributed by atoms with E-state index in [1.54, 1.807) is 6.08 Å². The number of nitro benzene ring substituents is 1. The van der Waals surface area contributed by atoms with Crippen molar-refractivity contribution in [1.29, 1.82) is 0 Å². The molecule has 1 amide bonds. The minimum Gasteiger partial charge on any atom is -0.321 e. The Kier molecular flexibility index (Phi) is 4.91. The van der Waals surface area contributed by atoms with Crippen molar-refractivity contribution in [3.05, 3.63) is 74.8 Å². The molecule has 0 aliphatic rings. The second kappa shape index (κ2) is 6.87. The fourth-order valence-electron chi connectivity index (χ4n) is 1.74. The molecule has 0 aromatic heterocycles. The molecule has 2 aromatic rings. The number of hydrogen-bond donors (Lipinski definition) is 1. The first-order valence-electron chi connectivity index (χ1n) is 6.45. The average Bonchev–Trinajstić information content (AvgIpc) is 2.48. The molecule has 0 fully saturated rings. The summed E-state index contributed by atoms with van der Waals surface area (Å²) in [6, 6.07) is 11.6. The Hall–Kier alpha value is -2.66. The number of anilines is 1. The van der Waals surface area contributed by atoms with Crippen molar-refractivity contribution in [3.63, 3.8) is 0 Å². The monoisotopic (exact) mass is 316 g/mol. The van der Waals surface area contributed by atoms with Crippen molar-refractivity contribution in [1.82, 2.24) is 0 Å². The van der Waals surface area contributed by atoms with Crippen LogP contribution in [0.1, 0.15) is 11.1 Å². The third-order valence-electron chi connectivity index (χ3n) is 2.93. The Morgan fingerprint density at radius 3 is 2.50 bits per heavy atom. The number of aryl methyl sites for hydroxylation is 1. The van der Waals surface area contributed by atoms with Gasteiger partial charge in [-0.15, -0.1) is 0 Å². The molecule has 22 heavy (non-hydrogen) atoms. The van der Waals surface area contributed by atoms with Gasteiger partial charge in [0, 0.05) is 18.2 Å². The number of carbonyl (C=O) groups excluding carboxylic acids is 1. The fraction of sp³-hybridized carbons (Fsp3) is 0.0625. The molecule has 112 valence electrons. The molecule has 0 heterocycles. The number of rotatable bonds is 4. The minimum absolute atomic E-state index is 0.117. The zero-order valence-electron chi connectivity index (χ0n) is 11.7. The Balaban J connectivity index is 2.05. The summed E-state index contributed by atoms with van der Waals surface area (Å²) in [5, 5.41) is 13.3. The van der Waals surface area contributed by atoms with Crippen LogP contribution >= 0.6 is 11.6 Å². The van der Waals surface area contributed by atoms with Gasteiger partial charge in [0.15, 0.2) is 0 Å². The van der Waals surface area contributed by atoms with Crippen LogP contribution in [-0.4, -0.2) is 10.8 Å². The van der Waals surface area contributed by atoms with Gasteiger partial charge in [-0.3, -0.25) is 14.9 Å². The topological polar surface area (TPSA) is 72.2 Å². The third kappa shape index (κ3) is 4.17. The van der Waals surface area contributed by atoms with Crippen LogP contribution in [0.3, 0.4) is 0 Å². The quantitative estimate of drug-likeness (QED) is 0.521. The SMILES string of the molecule is Cc1ccc(/C=C/C(=O)Nc2ccc([N+](=O)[O-])cc2Cl)cc1. The molecule has 0 unspecified atom stereocenters. The van der Waals surface area contributed by atoms with Gasteiger partial charge in [0.1, 0.15) is 0 Å². The highest BCUT2D eigenvalue weighted by Gasteiger charge is 2.10. The van der Waals surface area contributed by atoms with Crippen LogP contribution in [-0.2, 0) is 4.79 Å². The molecule has 0 spiro atoms. The van der Waals surface area contributed by atoms with Crippen LogP contribution in [0.4, 0.5) is 11.4 Å². The first kappa shape index (κ1) is 15.7. The summed E-state index contributed by atoms with van der Waals surface area (Å²) < 4.78 is 0. The van der Waals surface area contributed by atoms with Gasteiger partial charge in [-0.2, -0.15) is 0 Å². The van der Waals surface area contributed by atoms with Crippen LogP contribution < -0.4 is 5.32 Å². The predicted octanol–water partition coefficient (Wildman–Crippen LogP) is 4.21. The van der Waals surface area contributed by atoms with E-state index in [-0.39, 0.29) is 16.6 Å². The maximum Gasteiger partial charge on any atom is 0.271 e. The number of benzene rings is 2. The lowest BCUT2D eigenvalue weighted by Gasteiger charge is -2.04. The van der Waals surface area contributed by atoms with E-state index in [0.29, 0.717) is 5.69 Å². The van der Waals surface area contributed by atoms with Gasteiger partial charge in [0.25, 0.3) is 5.69 Å². The van der Waals surface area contributed by atoms with E-state index >= 15 is 0 Å². The van der Waals surface area contributed by atoms with Crippen molar-refractivity contribution in [2.75, 3.05) is 5.32 Å². The molecule has 0 radical (unpaired) electrons. The van der Waals surface area contributed by atoms with E-state index in [0.717, 1.165) is 11.1 Å². The number of nitrogens with zero attached hydrogens (tertiary/aromatic N) is 1. The fourth-order valence-corrected chi connectivity index (χ4v) is 1.96. The molecular formula is C16H13ClN2O3. The van der Waals surface area contributed by atoms with Gasteiger partial charge in [0.05, 0.1) is 15.6 Å². The van der Waals surface area contributed by atoms with Crippen molar-refractivity contribution in [3.8, 4) is 0 Å². The van der Waals surface area contributed by atoms with Crippen LogP contribution in [0, 0.1) is 17.0 Å². The van der Waals surface area contributed by atoms with Crippen molar-refractivity contribution in [2.24, 2.45) is 0 Å². The van der Waals surface area contributed by atoms with E-state index < -0.39 is 4.92 Å². The molecule has 0 aliphatic carbocycles. The molecular weight excluding hydrogens is 304 g/mol. The third-order valence-corrected chi connectivity index (χ3v) is 3.24. The molecule has 0 atom stereocenters. The first-order chi connectivity index (χ1) is 10.5. The maximum atomic E-state index is 11.8. The Morgan fingerprint density at radius 1 is 1.23 bits per heavy atom. The van der Waals surface area contributed by atoms with Crippen molar-refractivity contribution >= 4 is 35.0 Å². The number of halogens is 1. The predicted molar refractivity (Wildman–Crippen MR) is 86.9 cm³/mol. The Morgan fingerprint density at radius 2 is 1.91 bits per heavy atom. The zero-order valence-corrected chi connectivity index (χ0v) is 12.5. The highest BCUT2D eigenvalue weighted by Crippen LogP contribution is 2.26. The van der Waals surface area contributed by atoms with Crippen molar-refractivity contribution in [2.45, 2.75) is 6.92 Å². The molecule has 0 aliphatic heterocycles. The summed E-state index contributed by atoms with van der Waals surface area (Å²) in [7, 11) is 0. The highest BCUT2D eigenvalue weighted by atomic mass is 35.5. The molecule has 0 saturated heterocycles. The Labute approximate surface area is 132 Å². The lowest BCUT2D eigenvalue weighted by molar-refractivity contribution is -0.384. The van der Waals surface area contributed by atoms with Gasteiger partial charge in [-0.1, -0.05) is 41.4 Å². The summed E-state index contributed by atoms with van der Waals surface area (Å²) in [6.07, 6.45) is 3.05. The molecule has 0 bridgehead atoms. The van der Waals surface area contributed by atoms with Gasteiger partial charge in [0.2, 0.25) is 5.91 Å². The summed E-state index contributed by atoms with van der Waals surface area (Å²) in [6.45, 7) is 1.98. The van der Waals surface area contributed by atoms with Crippen LogP contribution in [0.2, 0.25) is 5.02 Å². The van der Waals surface area contributed by atoms with Gasteiger partial charge < -0.3 is 5.32 Å². The largest absolute Gasteiger partial charge is 0.321 e. The number of hydrogen-bond acceptors (Lipinski definition) is 3. The molecule has 2 rings (SSSR count). The minimum atomic E-state index is -0.547. The van der Waals surface area contributed by atoms with Crippen LogP contribution in [0.15, 0.2) is 48.5 Å². The van der Waals surface area contributed by atoms with Gasteiger partial charge in [-0.05, 0) is 24.6 Å². The van der Waals surface area contributed by atoms with Crippen LogP contribution in [0.25, 0.3) is 6.08 Å². The number of non-ortho nitro benzene ring substituents is 1. The smallest absolute Gasteiger partial charge is 0.271 e. The summed E-state index contributed by atoms with van der Waals surface area (Å²) >= 11 is 5.91. The molecule has 1 N–H and O–H groups in total. The maximum absolute atomic E-state index is 11.8. The van der Waals surface area contributed by atoms with E-state index in [4.69, 9.17) is 11.6 Å². The van der Waals surface area contributed by atoms with E-state index in [1.165, 1.54) is 24.3 Å². The lowest BCUT2D eigenvalue weighted by atomic mass is 10.1. The summed E-state index contributed by atoms with van der Waals surface area (Å²) in [5.74, 6) is -0.365. The number of amides is 1. The van der Waals surface area contributed by atoms with Crippen LogP contribution in [0.5, 0.6) is 0 Å². The molecule has 0 saturated carbocycles. The van der Waals surface area contributed by atoms with E-state index in [2.05, 4.69) is 5.32 Å². The zero-order chi connectivity index (χ0) is 16.1. The summed E-state index contributed by atoms with van der Waals surface area (Å²) in [4.78, 5) is 21.9. The second-order valence-corrected chi connectivity index (χ2v) is 5.06. The van der Waals surface area contributed by atoms with Gasteiger partial charge in [-0.25, -0.2) is 0 Å². The van der Waals surface area contributed by atoms with E-state index in [1.807, 2.05) is 31.2 Å². The number of nitrogens with one attached hydrogen (secondary N) is 1. The average molecular weight is 317 g/mol. The second-order valence-electron chi connectivity index (χ2n) is 4.65. The molecule has 5 nitrogen and oxygen atoms in total. The first-order valence-corrected chi connectivity index (χ1v) is 6.83. The standard InChI is InChI=1S/C16H13ClN2O3/c1-11-2-4-12(5-3-11)6-9-16(20)18-15-8-7-13(19(21)22)10-14(15)17/h2-10H,1H3,(H,18,20)/b9-6+. The highest BCUT2D eigenvalue weighted by molar-refractivity contribution is 6.34. The van der Waals surface area contributed by atoms with Gasteiger partial charge >= 0.3 is 0 Å². The number of nitro groups is 1. The molecule has 6 heteroatoms. The number of carbonyl (C=O) groups is 1.